The summed E-state index contributed by atoms with van der Waals surface area (Å²) in [5.41, 5.74) is 2.29. The highest BCUT2D eigenvalue weighted by Gasteiger charge is 2.58. The molecule has 0 spiro atoms. The van der Waals surface area contributed by atoms with Gasteiger partial charge in [0.15, 0.2) is 0 Å². The molecular formula is C23H30F2N2O2. The minimum absolute atomic E-state index is 0.0440. The number of nitrogens with one attached hydrogen (secondary N) is 1. The van der Waals surface area contributed by atoms with Crippen LogP contribution in [0.2, 0.25) is 0 Å². The fraction of sp³-hybridized carbons (Fsp3) is 0.696. The van der Waals surface area contributed by atoms with E-state index in [1.165, 1.54) is 12.5 Å². The number of benzene rings is 1. The average molecular weight is 405 g/mol. The molecule has 6 heteroatoms. The van der Waals surface area contributed by atoms with Crippen molar-refractivity contribution < 1.29 is 18.8 Å². The zero-order valence-corrected chi connectivity index (χ0v) is 17.0. The van der Waals surface area contributed by atoms with Gasteiger partial charge in [0.2, 0.25) is 0 Å². The van der Waals surface area contributed by atoms with Crippen molar-refractivity contribution in [2.75, 3.05) is 6.54 Å². The first-order chi connectivity index (χ1) is 13.8. The van der Waals surface area contributed by atoms with Crippen LogP contribution in [0.25, 0.3) is 0 Å². The maximum Gasteiger partial charge on any atom is 0.274 e. The van der Waals surface area contributed by atoms with Crippen molar-refractivity contribution in [1.29, 1.82) is 0 Å². The van der Waals surface area contributed by atoms with Crippen LogP contribution < -0.4 is 5.48 Å². The van der Waals surface area contributed by atoms with Gasteiger partial charge in [-0.3, -0.25) is 14.9 Å². The van der Waals surface area contributed by atoms with Gasteiger partial charge in [-0.25, -0.2) is 14.3 Å². The summed E-state index contributed by atoms with van der Waals surface area (Å²) >= 11 is 0. The molecule has 29 heavy (non-hydrogen) atoms. The van der Waals surface area contributed by atoms with Crippen LogP contribution in [-0.4, -0.2) is 34.3 Å². The Labute approximate surface area is 170 Å². The Hall–Kier alpha value is -1.53. The van der Waals surface area contributed by atoms with Crippen molar-refractivity contribution in [1.82, 2.24) is 10.4 Å². The number of carbonyl (C=O) groups excluding carboxylic acids is 1. The maximum absolute atomic E-state index is 15.4. The Morgan fingerprint density at radius 2 is 2.00 bits per heavy atom. The van der Waals surface area contributed by atoms with Gasteiger partial charge in [0, 0.05) is 24.7 Å². The first-order valence-corrected chi connectivity index (χ1v) is 11.0. The molecular weight excluding hydrogens is 374 g/mol. The highest BCUT2D eigenvalue weighted by atomic mass is 19.1. The molecule has 6 rings (SSSR count). The third-order valence-corrected chi connectivity index (χ3v) is 8.10. The minimum Gasteiger partial charge on any atom is -0.295 e. The fourth-order valence-electron chi connectivity index (χ4n) is 7.51. The molecule has 1 aliphatic heterocycles. The van der Waals surface area contributed by atoms with Crippen molar-refractivity contribution in [3.63, 3.8) is 0 Å². The average Bonchev–Trinajstić information content (AvgIpc) is 2.64. The Kier molecular flexibility index (Phi) is 4.52. The van der Waals surface area contributed by atoms with Crippen LogP contribution in [0.5, 0.6) is 0 Å². The van der Waals surface area contributed by atoms with Crippen LogP contribution in [0.3, 0.4) is 0 Å². The number of amides is 1. The minimum atomic E-state index is -0.974. The molecule has 0 aromatic heterocycles. The van der Waals surface area contributed by atoms with Crippen molar-refractivity contribution in [2.45, 2.75) is 76.5 Å². The molecule has 4 nitrogen and oxygen atoms in total. The molecule has 0 radical (unpaired) electrons. The van der Waals surface area contributed by atoms with Gasteiger partial charge in [0.05, 0.1) is 0 Å². The van der Waals surface area contributed by atoms with Gasteiger partial charge in [-0.1, -0.05) is 6.92 Å². The Morgan fingerprint density at radius 3 is 2.62 bits per heavy atom. The van der Waals surface area contributed by atoms with Gasteiger partial charge in [0.25, 0.3) is 5.91 Å². The molecule has 158 valence electrons. The van der Waals surface area contributed by atoms with E-state index in [4.69, 9.17) is 5.21 Å². The number of hydrogen-bond donors (Lipinski definition) is 2. The zero-order valence-electron chi connectivity index (χ0n) is 17.0. The van der Waals surface area contributed by atoms with E-state index in [-0.39, 0.29) is 22.8 Å². The monoisotopic (exact) mass is 404 g/mol. The SMILES string of the molecule is CC[C@H]1Cc2c(F)cc(C(=O)NO)cc2CN1CC12CC3CC(CC(F)(C3)C1)C2. The molecule has 2 N–H and O–H groups in total. The predicted octanol–water partition coefficient (Wildman–Crippen LogP) is 4.39. The quantitative estimate of drug-likeness (QED) is 0.578. The topological polar surface area (TPSA) is 52.6 Å². The summed E-state index contributed by atoms with van der Waals surface area (Å²) in [6.07, 6.45) is 7.13. The fourth-order valence-corrected chi connectivity index (χ4v) is 7.51. The number of alkyl halides is 1. The van der Waals surface area contributed by atoms with E-state index < -0.39 is 11.6 Å². The zero-order chi connectivity index (χ0) is 20.4. The van der Waals surface area contributed by atoms with Gasteiger partial charge >= 0.3 is 0 Å². The molecule has 4 saturated carbocycles. The summed E-state index contributed by atoms with van der Waals surface area (Å²) in [6.45, 7) is 3.57. The van der Waals surface area contributed by atoms with Crippen LogP contribution >= 0.6 is 0 Å². The second-order valence-corrected chi connectivity index (χ2v) is 10.3. The normalized spacial score (nSPS) is 38.1. The number of nitrogens with zero attached hydrogens (tertiary/aromatic N) is 1. The molecule has 2 unspecified atom stereocenters. The van der Waals surface area contributed by atoms with E-state index in [2.05, 4.69) is 11.8 Å². The predicted molar refractivity (Wildman–Crippen MR) is 105 cm³/mol. The van der Waals surface area contributed by atoms with E-state index >= 15 is 4.39 Å². The third kappa shape index (κ3) is 3.28. The van der Waals surface area contributed by atoms with Crippen LogP contribution in [0.1, 0.15) is 73.4 Å². The van der Waals surface area contributed by atoms with Crippen molar-refractivity contribution in [3.8, 4) is 0 Å². The summed E-state index contributed by atoms with van der Waals surface area (Å²) in [6, 6.07) is 3.14. The first-order valence-electron chi connectivity index (χ1n) is 11.0. The van der Waals surface area contributed by atoms with Crippen LogP contribution in [0, 0.1) is 23.1 Å². The lowest BCUT2D eigenvalue weighted by Crippen LogP contribution is -2.58. The van der Waals surface area contributed by atoms with E-state index in [1.54, 1.807) is 11.5 Å². The highest BCUT2D eigenvalue weighted by molar-refractivity contribution is 5.93. The Morgan fingerprint density at radius 1 is 1.28 bits per heavy atom. The lowest BCUT2D eigenvalue weighted by molar-refractivity contribution is -0.136. The molecule has 1 aromatic carbocycles. The highest BCUT2D eigenvalue weighted by Crippen LogP contribution is 2.63. The van der Waals surface area contributed by atoms with Gasteiger partial charge in [0.1, 0.15) is 11.5 Å². The largest absolute Gasteiger partial charge is 0.295 e. The van der Waals surface area contributed by atoms with E-state index in [9.17, 15) is 9.18 Å². The summed E-state index contributed by atoms with van der Waals surface area (Å²) in [5.74, 6) is -0.0283. The summed E-state index contributed by atoms with van der Waals surface area (Å²) in [5, 5.41) is 8.91. The second kappa shape index (κ2) is 6.74. The molecule has 1 aromatic rings. The maximum atomic E-state index is 15.4. The molecule has 4 bridgehead atoms. The van der Waals surface area contributed by atoms with Gasteiger partial charge in [-0.05, 0) is 91.9 Å². The molecule has 1 heterocycles. The first kappa shape index (κ1) is 19.4. The molecule has 5 aliphatic rings. The number of carbonyl (C=O) groups is 1. The van der Waals surface area contributed by atoms with Crippen molar-refractivity contribution in [3.05, 3.63) is 34.6 Å². The van der Waals surface area contributed by atoms with Crippen molar-refractivity contribution >= 4 is 5.91 Å². The molecule has 0 saturated heterocycles. The van der Waals surface area contributed by atoms with E-state index in [0.29, 0.717) is 36.8 Å². The molecule has 3 atom stereocenters. The number of fused-ring (bicyclic) bond motifs is 1. The van der Waals surface area contributed by atoms with Crippen LogP contribution in [0.4, 0.5) is 8.78 Å². The Bertz CT molecular complexity index is 828. The number of rotatable bonds is 4. The smallest absolute Gasteiger partial charge is 0.274 e. The molecule has 1 amide bonds. The van der Waals surface area contributed by atoms with E-state index in [1.807, 2.05) is 0 Å². The Balaban J connectivity index is 1.43. The summed E-state index contributed by atoms with van der Waals surface area (Å²) < 4.78 is 30.1. The van der Waals surface area contributed by atoms with Crippen LogP contribution in [0.15, 0.2) is 12.1 Å². The van der Waals surface area contributed by atoms with Gasteiger partial charge in [-0.15, -0.1) is 0 Å². The number of hydroxylamine groups is 1. The lowest BCUT2D eigenvalue weighted by Gasteiger charge is -2.60. The number of hydrogen-bond acceptors (Lipinski definition) is 3. The third-order valence-electron chi connectivity index (χ3n) is 8.10. The van der Waals surface area contributed by atoms with Gasteiger partial charge < -0.3 is 0 Å². The summed E-state index contributed by atoms with van der Waals surface area (Å²) in [4.78, 5) is 14.2. The van der Waals surface area contributed by atoms with E-state index in [0.717, 1.165) is 44.2 Å². The summed E-state index contributed by atoms with van der Waals surface area (Å²) in [7, 11) is 0. The van der Waals surface area contributed by atoms with Gasteiger partial charge in [-0.2, -0.15) is 0 Å². The molecule has 4 aliphatic carbocycles. The second-order valence-electron chi connectivity index (χ2n) is 10.3. The standard InChI is InChI=1S/C23H30F2N2O2/c1-2-18-6-19-17(4-16(5-20(19)24)21(28)26-29)11-27(18)13-22-7-14-3-15(8-22)10-23(25,9-14)12-22/h4-5,14-15,18,29H,2-3,6-13H2,1H3,(H,26,28)/t14?,15?,18-,22?,23?/m0/s1. The molecule has 4 fully saturated rings. The lowest BCUT2D eigenvalue weighted by atomic mass is 9.48. The van der Waals surface area contributed by atoms with Crippen molar-refractivity contribution in [2.24, 2.45) is 17.3 Å². The van der Waals surface area contributed by atoms with Crippen LogP contribution in [-0.2, 0) is 13.0 Å². The number of halogens is 2.